The summed E-state index contributed by atoms with van der Waals surface area (Å²) in [6.45, 7) is 1.93. The third kappa shape index (κ3) is 5.13. The van der Waals surface area contributed by atoms with Crippen molar-refractivity contribution in [3.05, 3.63) is 84.1 Å². The Labute approximate surface area is 188 Å². The van der Waals surface area contributed by atoms with Crippen molar-refractivity contribution < 1.29 is 4.74 Å². The molecule has 4 aromatic rings. The molecule has 31 heavy (non-hydrogen) atoms. The number of nitrogens with zero attached hydrogens (tertiary/aromatic N) is 2. The minimum absolute atomic E-state index is 0.260. The number of aromatic nitrogens is 1. The topological polar surface area (TPSA) is 37.4 Å². The lowest BCUT2D eigenvalue weighted by atomic mass is 10.0. The highest BCUT2D eigenvalue weighted by Gasteiger charge is 2.16. The summed E-state index contributed by atoms with van der Waals surface area (Å²) >= 11 is 1.59. The Morgan fingerprint density at radius 3 is 2.32 bits per heavy atom. The van der Waals surface area contributed by atoms with Gasteiger partial charge in [-0.05, 0) is 66.9 Å². The first-order valence-corrected chi connectivity index (χ1v) is 11.4. The molecule has 0 fully saturated rings. The van der Waals surface area contributed by atoms with E-state index in [0.717, 1.165) is 25.3 Å². The summed E-state index contributed by atoms with van der Waals surface area (Å²) < 4.78 is 11.2. The number of hydrogen-bond donors (Lipinski definition) is 1. The molecule has 0 spiro atoms. The molecular formula is C26H29N3OS. The largest absolute Gasteiger partial charge is 0.497 e. The zero-order valence-electron chi connectivity index (χ0n) is 18.3. The van der Waals surface area contributed by atoms with Gasteiger partial charge in [0, 0.05) is 18.5 Å². The molecule has 1 N–H and O–H groups in total. The van der Waals surface area contributed by atoms with Crippen LogP contribution in [0.1, 0.15) is 23.7 Å². The molecule has 4 rings (SSSR count). The summed E-state index contributed by atoms with van der Waals surface area (Å²) in [7, 11) is 5.90. The van der Waals surface area contributed by atoms with E-state index in [-0.39, 0.29) is 6.04 Å². The Hall–Kier alpha value is -2.73. The SMILES string of the molecule is CNC(CCN(C)Cc1ccc(-c2ccc(OC)cc2)cc1)c1nsc2ccccc12. The number of fused-ring (bicyclic) bond motifs is 1. The van der Waals surface area contributed by atoms with Gasteiger partial charge in [0.25, 0.3) is 0 Å². The lowest BCUT2D eigenvalue weighted by Gasteiger charge is -2.21. The Balaban J connectivity index is 1.35. The van der Waals surface area contributed by atoms with Crippen LogP contribution in [0.2, 0.25) is 0 Å². The molecule has 160 valence electrons. The summed E-state index contributed by atoms with van der Waals surface area (Å²) in [5, 5.41) is 4.73. The van der Waals surface area contributed by atoms with E-state index in [1.54, 1.807) is 18.6 Å². The fourth-order valence-corrected chi connectivity index (χ4v) is 4.73. The molecule has 0 aliphatic heterocycles. The Bertz CT molecular complexity index is 1110. The third-order valence-electron chi connectivity index (χ3n) is 5.71. The van der Waals surface area contributed by atoms with Crippen molar-refractivity contribution in [2.45, 2.75) is 19.0 Å². The average molecular weight is 432 g/mol. The maximum absolute atomic E-state index is 5.25. The lowest BCUT2D eigenvalue weighted by Crippen LogP contribution is -2.25. The van der Waals surface area contributed by atoms with Crippen molar-refractivity contribution in [3.63, 3.8) is 0 Å². The first-order chi connectivity index (χ1) is 15.2. The predicted octanol–water partition coefficient (Wildman–Crippen LogP) is 5.75. The van der Waals surface area contributed by atoms with Crippen LogP contribution < -0.4 is 10.1 Å². The molecule has 0 saturated heterocycles. The fraction of sp³-hybridized carbons (Fsp3) is 0.269. The van der Waals surface area contributed by atoms with Crippen molar-refractivity contribution in [2.75, 3.05) is 27.7 Å². The Morgan fingerprint density at radius 2 is 1.65 bits per heavy atom. The molecule has 0 bridgehead atoms. The third-order valence-corrected chi connectivity index (χ3v) is 6.55. The van der Waals surface area contributed by atoms with Crippen LogP contribution in [0.3, 0.4) is 0 Å². The van der Waals surface area contributed by atoms with Gasteiger partial charge in [0.05, 0.1) is 23.5 Å². The molecule has 1 heterocycles. The van der Waals surface area contributed by atoms with E-state index in [0.29, 0.717) is 0 Å². The lowest BCUT2D eigenvalue weighted by molar-refractivity contribution is 0.303. The van der Waals surface area contributed by atoms with Crippen LogP contribution in [0.4, 0.5) is 0 Å². The Morgan fingerprint density at radius 1 is 0.968 bits per heavy atom. The number of methoxy groups -OCH3 is 1. The summed E-state index contributed by atoms with van der Waals surface area (Å²) in [5.41, 5.74) is 4.91. The zero-order chi connectivity index (χ0) is 21.6. The highest BCUT2D eigenvalue weighted by molar-refractivity contribution is 7.13. The van der Waals surface area contributed by atoms with E-state index in [4.69, 9.17) is 9.11 Å². The predicted molar refractivity (Wildman–Crippen MR) is 131 cm³/mol. The van der Waals surface area contributed by atoms with Gasteiger partial charge in [-0.3, -0.25) is 0 Å². The molecule has 1 unspecified atom stereocenters. The monoisotopic (exact) mass is 431 g/mol. The number of nitrogens with one attached hydrogen (secondary N) is 1. The number of ether oxygens (including phenoxy) is 1. The van der Waals surface area contributed by atoms with Crippen molar-refractivity contribution in [1.29, 1.82) is 0 Å². The molecule has 0 aliphatic rings. The van der Waals surface area contributed by atoms with Gasteiger partial charge < -0.3 is 15.0 Å². The summed E-state index contributed by atoms with van der Waals surface area (Å²) in [4.78, 5) is 2.38. The highest BCUT2D eigenvalue weighted by Crippen LogP contribution is 2.28. The van der Waals surface area contributed by atoms with Gasteiger partial charge in [-0.2, -0.15) is 4.37 Å². The van der Waals surface area contributed by atoms with Gasteiger partial charge in [0.1, 0.15) is 5.75 Å². The summed E-state index contributed by atoms with van der Waals surface area (Å²) in [6.07, 6.45) is 1.02. The van der Waals surface area contributed by atoms with Crippen molar-refractivity contribution in [3.8, 4) is 16.9 Å². The van der Waals surface area contributed by atoms with Crippen LogP contribution in [0.25, 0.3) is 21.2 Å². The second-order valence-corrected chi connectivity index (χ2v) is 8.66. The standard InChI is InChI=1S/C26H29N3OS/c1-27-24(26-23-6-4-5-7-25(23)31-28-26)16-17-29(2)18-19-8-10-20(11-9-19)21-12-14-22(30-3)15-13-21/h4-15,24,27H,16-18H2,1-3H3. The minimum Gasteiger partial charge on any atom is -0.497 e. The van der Waals surface area contributed by atoms with Crippen LogP contribution >= 0.6 is 11.5 Å². The quantitative estimate of drug-likeness (QED) is 0.366. The molecule has 1 atom stereocenters. The van der Waals surface area contributed by atoms with E-state index in [1.807, 2.05) is 19.2 Å². The molecule has 0 radical (unpaired) electrons. The van der Waals surface area contributed by atoms with Crippen LogP contribution in [0, 0.1) is 0 Å². The molecule has 3 aromatic carbocycles. The van der Waals surface area contributed by atoms with Gasteiger partial charge in [-0.15, -0.1) is 0 Å². The van der Waals surface area contributed by atoms with E-state index in [2.05, 4.69) is 77.9 Å². The van der Waals surface area contributed by atoms with Gasteiger partial charge in [-0.25, -0.2) is 0 Å². The first kappa shape index (κ1) is 21.5. The molecule has 4 nitrogen and oxygen atoms in total. The number of rotatable bonds is 9. The zero-order valence-corrected chi connectivity index (χ0v) is 19.2. The molecule has 0 aliphatic carbocycles. The van der Waals surface area contributed by atoms with Gasteiger partial charge in [0.15, 0.2) is 0 Å². The molecular weight excluding hydrogens is 402 g/mol. The smallest absolute Gasteiger partial charge is 0.118 e. The maximum Gasteiger partial charge on any atom is 0.118 e. The van der Waals surface area contributed by atoms with Gasteiger partial charge >= 0.3 is 0 Å². The average Bonchev–Trinajstić information content (AvgIpc) is 3.24. The number of benzene rings is 3. The van der Waals surface area contributed by atoms with E-state index in [9.17, 15) is 0 Å². The number of hydrogen-bond acceptors (Lipinski definition) is 5. The van der Waals surface area contributed by atoms with Gasteiger partial charge in [0.2, 0.25) is 0 Å². The van der Waals surface area contributed by atoms with Gasteiger partial charge in [-0.1, -0.05) is 54.6 Å². The van der Waals surface area contributed by atoms with E-state index in [1.165, 1.54) is 32.5 Å². The summed E-state index contributed by atoms with van der Waals surface area (Å²) in [5.74, 6) is 0.882. The van der Waals surface area contributed by atoms with Crippen LogP contribution in [0.15, 0.2) is 72.8 Å². The van der Waals surface area contributed by atoms with Crippen LogP contribution in [-0.4, -0.2) is 37.0 Å². The van der Waals surface area contributed by atoms with Crippen LogP contribution in [0.5, 0.6) is 5.75 Å². The second-order valence-electron chi connectivity index (χ2n) is 7.86. The highest BCUT2D eigenvalue weighted by atomic mass is 32.1. The summed E-state index contributed by atoms with van der Waals surface area (Å²) in [6, 6.07) is 25.8. The maximum atomic E-state index is 5.25. The molecule has 0 saturated carbocycles. The molecule has 0 amide bonds. The van der Waals surface area contributed by atoms with Crippen LogP contribution in [-0.2, 0) is 6.54 Å². The van der Waals surface area contributed by atoms with Crippen molar-refractivity contribution >= 4 is 21.6 Å². The minimum atomic E-state index is 0.260. The fourth-order valence-electron chi connectivity index (χ4n) is 3.90. The van der Waals surface area contributed by atoms with Crippen molar-refractivity contribution in [1.82, 2.24) is 14.6 Å². The van der Waals surface area contributed by atoms with Crippen molar-refractivity contribution in [2.24, 2.45) is 0 Å². The van der Waals surface area contributed by atoms with E-state index < -0.39 is 0 Å². The molecule has 1 aromatic heterocycles. The Kier molecular flexibility index (Phi) is 6.97. The van der Waals surface area contributed by atoms with E-state index >= 15 is 0 Å². The normalized spacial score (nSPS) is 12.4. The second kappa shape index (κ2) is 10.1. The first-order valence-electron chi connectivity index (χ1n) is 10.6. The molecule has 5 heteroatoms.